The minimum Gasteiger partial charge on any atom is -0.336 e. The van der Waals surface area contributed by atoms with Crippen molar-refractivity contribution in [3.05, 3.63) is 40.8 Å². The summed E-state index contributed by atoms with van der Waals surface area (Å²) in [4.78, 5) is 14.1. The summed E-state index contributed by atoms with van der Waals surface area (Å²) in [7, 11) is 4.03. The van der Waals surface area contributed by atoms with Gasteiger partial charge in [-0.3, -0.25) is 4.68 Å². The molecule has 120 valence electrons. The Labute approximate surface area is 135 Å². The summed E-state index contributed by atoms with van der Waals surface area (Å²) in [5, 5.41) is 14.2. The van der Waals surface area contributed by atoms with E-state index in [-0.39, 0.29) is 18.1 Å². The van der Waals surface area contributed by atoms with Crippen LogP contribution in [0.25, 0.3) is 0 Å². The Morgan fingerprint density at radius 3 is 2.91 bits per heavy atom. The second-order valence-corrected chi connectivity index (χ2v) is 6.30. The van der Waals surface area contributed by atoms with Crippen molar-refractivity contribution in [1.29, 1.82) is 0 Å². The minimum absolute atomic E-state index is 0.0128. The highest BCUT2D eigenvalue weighted by Gasteiger charge is 2.16. The molecule has 0 saturated heterocycles. The quantitative estimate of drug-likeness (QED) is 0.819. The molecular weight excluding hydrogens is 298 g/mol. The average molecular weight is 321 g/mol. The van der Waals surface area contributed by atoms with Crippen molar-refractivity contribution in [2.24, 2.45) is 0 Å². The number of nitrogens with one attached hydrogen (secondary N) is 2. The van der Waals surface area contributed by atoms with Crippen molar-refractivity contribution in [3.8, 4) is 0 Å². The van der Waals surface area contributed by atoms with Gasteiger partial charge in [0.2, 0.25) is 0 Å². The number of nitrogens with zero attached hydrogens (tertiary/aromatic N) is 3. The minimum atomic E-state index is -0.151. The Hall–Kier alpha value is -1.86. The lowest BCUT2D eigenvalue weighted by atomic mass is 10.1. The van der Waals surface area contributed by atoms with Crippen LogP contribution in [0.5, 0.6) is 0 Å². The summed E-state index contributed by atoms with van der Waals surface area (Å²) < 4.78 is 1.80. The molecule has 0 aliphatic heterocycles. The number of urea groups is 1. The molecule has 2 amide bonds. The molecule has 2 N–H and O–H groups in total. The second-order valence-electron chi connectivity index (χ2n) is 5.52. The van der Waals surface area contributed by atoms with Gasteiger partial charge in [0.15, 0.2) is 0 Å². The van der Waals surface area contributed by atoms with Crippen LogP contribution in [-0.2, 0) is 6.54 Å². The normalized spacial score (nSPS) is 13.8. The van der Waals surface area contributed by atoms with E-state index < -0.39 is 0 Å². The van der Waals surface area contributed by atoms with Crippen molar-refractivity contribution in [2.45, 2.75) is 25.6 Å². The molecule has 7 heteroatoms. The second kappa shape index (κ2) is 7.95. The van der Waals surface area contributed by atoms with Gasteiger partial charge in [-0.15, -0.1) is 0 Å². The van der Waals surface area contributed by atoms with E-state index in [1.807, 2.05) is 33.3 Å². The van der Waals surface area contributed by atoms with Crippen LogP contribution in [0, 0.1) is 0 Å². The standard InChI is InChI=1S/C15H23N5OS/c1-12(10-20-7-4-6-17-20)18-15(21)16-9-14(19(2)3)13-5-8-22-11-13/h4-8,11-12,14H,9-10H2,1-3H3,(H2,16,18,21). The van der Waals surface area contributed by atoms with Gasteiger partial charge < -0.3 is 15.5 Å². The van der Waals surface area contributed by atoms with E-state index in [0.717, 1.165) is 0 Å². The van der Waals surface area contributed by atoms with E-state index in [2.05, 4.69) is 37.5 Å². The monoisotopic (exact) mass is 321 g/mol. The third kappa shape index (κ3) is 4.85. The van der Waals surface area contributed by atoms with Gasteiger partial charge in [0.25, 0.3) is 0 Å². The van der Waals surface area contributed by atoms with Crippen LogP contribution in [0.15, 0.2) is 35.3 Å². The molecule has 6 nitrogen and oxygen atoms in total. The molecule has 0 aliphatic carbocycles. The first kappa shape index (κ1) is 16.5. The van der Waals surface area contributed by atoms with E-state index in [0.29, 0.717) is 13.1 Å². The molecule has 0 aromatic carbocycles. The van der Waals surface area contributed by atoms with Gasteiger partial charge in [-0.05, 0) is 49.5 Å². The van der Waals surface area contributed by atoms with E-state index >= 15 is 0 Å². The first-order chi connectivity index (χ1) is 10.6. The van der Waals surface area contributed by atoms with Gasteiger partial charge in [0.1, 0.15) is 0 Å². The largest absolute Gasteiger partial charge is 0.336 e. The molecular formula is C15H23N5OS. The van der Waals surface area contributed by atoms with Crippen molar-refractivity contribution >= 4 is 17.4 Å². The molecule has 0 spiro atoms. The molecule has 0 bridgehead atoms. The fourth-order valence-electron chi connectivity index (χ4n) is 2.26. The molecule has 2 heterocycles. The lowest BCUT2D eigenvalue weighted by Gasteiger charge is -2.24. The maximum absolute atomic E-state index is 12.0. The zero-order chi connectivity index (χ0) is 15.9. The number of carbonyl (C=O) groups is 1. The number of amides is 2. The van der Waals surface area contributed by atoms with Crippen LogP contribution in [0.1, 0.15) is 18.5 Å². The highest BCUT2D eigenvalue weighted by molar-refractivity contribution is 7.07. The maximum Gasteiger partial charge on any atom is 0.315 e. The van der Waals surface area contributed by atoms with Gasteiger partial charge in [0, 0.05) is 25.0 Å². The summed E-state index contributed by atoms with van der Waals surface area (Å²) in [5.74, 6) is 0. The molecule has 0 aliphatic rings. The summed E-state index contributed by atoms with van der Waals surface area (Å²) in [6.45, 7) is 3.19. The Morgan fingerprint density at radius 2 is 2.32 bits per heavy atom. The maximum atomic E-state index is 12.0. The fourth-order valence-corrected chi connectivity index (χ4v) is 2.97. The molecule has 2 aromatic rings. The van der Waals surface area contributed by atoms with Crippen LogP contribution < -0.4 is 10.6 Å². The Bertz CT molecular complexity index is 553. The molecule has 2 rings (SSSR count). The molecule has 0 saturated carbocycles. The predicted octanol–water partition coefficient (Wildman–Crippen LogP) is 1.94. The number of rotatable bonds is 7. The zero-order valence-corrected chi connectivity index (χ0v) is 14.0. The first-order valence-corrected chi connectivity index (χ1v) is 8.21. The molecule has 0 fully saturated rings. The molecule has 22 heavy (non-hydrogen) atoms. The number of hydrogen-bond acceptors (Lipinski definition) is 4. The van der Waals surface area contributed by atoms with E-state index in [4.69, 9.17) is 0 Å². The Balaban J connectivity index is 1.78. The van der Waals surface area contributed by atoms with Crippen molar-refractivity contribution in [1.82, 2.24) is 25.3 Å². The first-order valence-electron chi connectivity index (χ1n) is 7.26. The van der Waals surface area contributed by atoms with Gasteiger partial charge >= 0.3 is 6.03 Å². The lowest BCUT2D eigenvalue weighted by molar-refractivity contribution is 0.228. The number of hydrogen-bond donors (Lipinski definition) is 2. The number of aromatic nitrogens is 2. The summed E-state index contributed by atoms with van der Waals surface area (Å²) >= 11 is 1.67. The van der Waals surface area contributed by atoms with Crippen LogP contribution in [0.3, 0.4) is 0 Å². The SMILES string of the molecule is CC(Cn1cccn1)NC(=O)NCC(c1ccsc1)N(C)C. The number of thiophene rings is 1. The van der Waals surface area contributed by atoms with Gasteiger partial charge in [-0.2, -0.15) is 16.4 Å². The van der Waals surface area contributed by atoms with Gasteiger partial charge in [-0.25, -0.2) is 4.79 Å². The van der Waals surface area contributed by atoms with Gasteiger partial charge in [-0.1, -0.05) is 0 Å². The molecule has 2 aromatic heterocycles. The van der Waals surface area contributed by atoms with Crippen molar-refractivity contribution < 1.29 is 4.79 Å². The van der Waals surface area contributed by atoms with Crippen LogP contribution in [0.4, 0.5) is 4.79 Å². The molecule has 2 unspecified atom stereocenters. The zero-order valence-electron chi connectivity index (χ0n) is 13.2. The highest BCUT2D eigenvalue weighted by Crippen LogP contribution is 2.19. The fraction of sp³-hybridized carbons (Fsp3) is 0.467. The van der Waals surface area contributed by atoms with E-state index in [9.17, 15) is 4.79 Å². The Kier molecular flexibility index (Phi) is 5.97. The van der Waals surface area contributed by atoms with Crippen LogP contribution >= 0.6 is 11.3 Å². The smallest absolute Gasteiger partial charge is 0.315 e. The summed E-state index contributed by atoms with van der Waals surface area (Å²) in [6.07, 6.45) is 3.62. The molecule has 0 radical (unpaired) electrons. The Morgan fingerprint density at radius 1 is 1.50 bits per heavy atom. The topological polar surface area (TPSA) is 62.2 Å². The van der Waals surface area contributed by atoms with Gasteiger partial charge in [0.05, 0.1) is 12.6 Å². The van der Waals surface area contributed by atoms with Crippen molar-refractivity contribution in [3.63, 3.8) is 0 Å². The summed E-state index contributed by atoms with van der Waals surface area (Å²) in [5.41, 5.74) is 1.22. The van der Waals surface area contributed by atoms with Crippen LogP contribution in [-0.4, -0.2) is 47.4 Å². The van der Waals surface area contributed by atoms with Crippen LogP contribution in [0.2, 0.25) is 0 Å². The number of likely N-dealkylation sites (N-methyl/N-ethyl adjacent to an activating group) is 1. The number of carbonyl (C=O) groups excluding carboxylic acids is 1. The van der Waals surface area contributed by atoms with E-state index in [1.54, 1.807) is 22.2 Å². The third-order valence-electron chi connectivity index (χ3n) is 3.40. The van der Waals surface area contributed by atoms with E-state index in [1.165, 1.54) is 5.56 Å². The molecule has 2 atom stereocenters. The average Bonchev–Trinajstić information content (AvgIpc) is 3.11. The van der Waals surface area contributed by atoms with Crippen molar-refractivity contribution in [2.75, 3.05) is 20.6 Å². The predicted molar refractivity (Wildman–Crippen MR) is 89.0 cm³/mol. The lowest BCUT2D eigenvalue weighted by Crippen LogP contribution is -2.45. The third-order valence-corrected chi connectivity index (χ3v) is 4.11. The summed E-state index contributed by atoms with van der Waals surface area (Å²) in [6, 6.07) is 4.00. The highest BCUT2D eigenvalue weighted by atomic mass is 32.1.